The Morgan fingerprint density at radius 2 is 1.74 bits per heavy atom. The fraction of sp³-hybridized carbons (Fsp3) is 0.0455. The summed E-state index contributed by atoms with van der Waals surface area (Å²) in [5, 5.41) is 14.0. The number of ether oxygens (including phenoxy) is 1. The molecule has 1 aliphatic heterocycles. The molecule has 9 heteroatoms. The van der Waals surface area contributed by atoms with Gasteiger partial charge in [0.15, 0.2) is 0 Å². The third-order valence-electron chi connectivity index (χ3n) is 4.78. The Bertz CT molecular complexity index is 1250. The zero-order valence-electron chi connectivity index (χ0n) is 16.2. The molecule has 0 spiro atoms. The zero-order chi connectivity index (χ0) is 22.1. The summed E-state index contributed by atoms with van der Waals surface area (Å²) in [6.07, 6.45) is 0. The maximum atomic E-state index is 12.9. The molecule has 3 amide bonds. The number of rotatable bonds is 5. The highest BCUT2D eigenvalue weighted by molar-refractivity contribution is 6.35. The van der Waals surface area contributed by atoms with Gasteiger partial charge in [0.25, 0.3) is 23.4 Å². The second-order valence-corrected chi connectivity index (χ2v) is 6.64. The molecule has 1 aliphatic rings. The number of fused-ring (bicyclic) bond motifs is 1. The van der Waals surface area contributed by atoms with Gasteiger partial charge in [-0.05, 0) is 36.4 Å². The molecule has 4 rings (SSSR count). The zero-order valence-corrected chi connectivity index (χ0v) is 16.2. The van der Waals surface area contributed by atoms with Gasteiger partial charge in [0, 0.05) is 23.4 Å². The van der Waals surface area contributed by atoms with Crippen LogP contribution >= 0.6 is 0 Å². The van der Waals surface area contributed by atoms with Gasteiger partial charge >= 0.3 is 0 Å². The summed E-state index contributed by atoms with van der Waals surface area (Å²) < 4.78 is 5.13. The van der Waals surface area contributed by atoms with Crippen molar-refractivity contribution < 1.29 is 24.0 Å². The van der Waals surface area contributed by atoms with E-state index < -0.39 is 28.3 Å². The predicted octanol–water partition coefficient (Wildman–Crippen LogP) is 3.66. The van der Waals surface area contributed by atoms with Gasteiger partial charge in [0.05, 0.1) is 23.3 Å². The van der Waals surface area contributed by atoms with Gasteiger partial charge in [-0.25, -0.2) is 4.90 Å². The van der Waals surface area contributed by atoms with Crippen LogP contribution in [0.3, 0.4) is 0 Å². The molecule has 1 N–H and O–H groups in total. The lowest BCUT2D eigenvalue weighted by Crippen LogP contribution is -2.29. The lowest BCUT2D eigenvalue weighted by molar-refractivity contribution is -0.385. The number of benzene rings is 3. The number of nitro benzene ring substituents is 1. The van der Waals surface area contributed by atoms with Gasteiger partial charge in [-0.2, -0.15) is 0 Å². The van der Waals surface area contributed by atoms with Crippen molar-refractivity contribution in [2.45, 2.75) is 0 Å². The predicted molar refractivity (Wildman–Crippen MR) is 112 cm³/mol. The fourth-order valence-corrected chi connectivity index (χ4v) is 3.34. The highest BCUT2D eigenvalue weighted by atomic mass is 16.6. The number of nitrogens with one attached hydrogen (secondary N) is 1. The largest absolute Gasteiger partial charge is 0.497 e. The Morgan fingerprint density at radius 1 is 1.00 bits per heavy atom. The molecule has 31 heavy (non-hydrogen) atoms. The molecular formula is C22H15N3O6. The van der Waals surface area contributed by atoms with Crippen molar-refractivity contribution in [3.63, 3.8) is 0 Å². The minimum absolute atomic E-state index is 0.0505. The van der Waals surface area contributed by atoms with Crippen LogP contribution < -0.4 is 15.0 Å². The fourth-order valence-electron chi connectivity index (χ4n) is 3.34. The molecule has 9 nitrogen and oxygen atoms in total. The van der Waals surface area contributed by atoms with Crippen LogP contribution in [0, 0.1) is 10.1 Å². The maximum absolute atomic E-state index is 12.9. The molecule has 0 aliphatic carbocycles. The molecule has 0 saturated carbocycles. The van der Waals surface area contributed by atoms with Crippen molar-refractivity contribution in [1.29, 1.82) is 0 Å². The van der Waals surface area contributed by atoms with Gasteiger partial charge in [-0.15, -0.1) is 0 Å². The summed E-state index contributed by atoms with van der Waals surface area (Å²) in [5.41, 5.74) is 0.0933. The number of carbonyl (C=O) groups is 3. The van der Waals surface area contributed by atoms with E-state index >= 15 is 0 Å². The van der Waals surface area contributed by atoms with Crippen molar-refractivity contribution in [1.82, 2.24) is 0 Å². The Labute approximate surface area is 176 Å². The van der Waals surface area contributed by atoms with E-state index in [1.165, 1.54) is 49.6 Å². The van der Waals surface area contributed by atoms with Crippen LogP contribution in [0.15, 0.2) is 66.7 Å². The van der Waals surface area contributed by atoms with E-state index in [0.29, 0.717) is 11.4 Å². The van der Waals surface area contributed by atoms with E-state index in [4.69, 9.17) is 4.74 Å². The average Bonchev–Trinajstić information content (AvgIpc) is 3.04. The van der Waals surface area contributed by atoms with Crippen LogP contribution in [0.1, 0.15) is 31.1 Å². The van der Waals surface area contributed by atoms with E-state index in [-0.39, 0.29) is 22.4 Å². The van der Waals surface area contributed by atoms with Crippen LogP contribution in [0.4, 0.5) is 17.1 Å². The van der Waals surface area contributed by atoms with Crippen molar-refractivity contribution >= 4 is 34.8 Å². The van der Waals surface area contributed by atoms with E-state index in [2.05, 4.69) is 5.32 Å². The van der Waals surface area contributed by atoms with Crippen molar-refractivity contribution in [2.24, 2.45) is 0 Å². The Morgan fingerprint density at radius 3 is 2.48 bits per heavy atom. The number of carbonyl (C=O) groups excluding carboxylic acids is 3. The number of anilines is 2. The summed E-state index contributed by atoms with van der Waals surface area (Å²) in [6.45, 7) is 0. The van der Waals surface area contributed by atoms with Crippen LogP contribution in [0.25, 0.3) is 0 Å². The maximum Gasteiger partial charge on any atom is 0.283 e. The SMILES string of the molecule is COc1cccc(NC(=O)c2cccc(N3C(=O)c4cccc([N+](=O)[O-])c4C3=O)c2)c1. The van der Waals surface area contributed by atoms with Crippen LogP contribution in [-0.2, 0) is 0 Å². The number of hydrogen-bond donors (Lipinski definition) is 1. The van der Waals surface area contributed by atoms with E-state index in [1.54, 1.807) is 24.3 Å². The second kappa shape index (κ2) is 7.71. The third-order valence-corrected chi connectivity index (χ3v) is 4.78. The monoisotopic (exact) mass is 417 g/mol. The van der Waals surface area contributed by atoms with Gasteiger partial charge in [-0.1, -0.05) is 18.2 Å². The summed E-state index contributed by atoms with van der Waals surface area (Å²) >= 11 is 0. The molecular weight excluding hydrogens is 402 g/mol. The molecule has 1 heterocycles. The van der Waals surface area contributed by atoms with Crippen molar-refractivity contribution in [3.05, 3.63) is 93.5 Å². The first-order chi connectivity index (χ1) is 14.9. The number of amides is 3. The number of imide groups is 1. The molecule has 0 unspecified atom stereocenters. The van der Waals surface area contributed by atoms with Gasteiger partial charge in [0.2, 0.25) is 0 Å². The molecule has 154 valence electrons. The third kappa shape index (κ3) is 3.48. The molecule has 0 aromatic heterocycles. The average molecular weight is 417 g/mol. The van der Waals surface area contributed by atoms with E-state index in [9.17, 15) is 24.5 Å². The minimum atomic E-state index is -0.808. The highest BCUT2D eigenvalue weighted by Gasteiger charge is 2.41. The number of nitro groups is 1. The second-order valence-electron chi connectivity index (χ2n) is 6.64. The lowest BCUT2D eigenvalue weighted by atomic mass is 10.1. The van der Waals surface area contributed by atoms with Gasteiger partial charge in [-0.3, -0.25) is 24.5 Å². The Balaban J connectivity index is 1.65. The number of hydrogen-bond acceptors (Lipinski definition) is 6. The van der Waals surface area contributed by atoms with Gasteiger partial charge in [0.1, 0.15) is 11.3 Å². The summed E-state index contributed by atoms with van der Waals surface area (Å²) in [7, 11) is 1.51. The smallest absolute Gasteiger partial charge is 0.283 e. The minimum Gasteiger partial charge on any atom is -0.497 e. The summed E-state index contributed by atoms with van der Waals surface area (Å²) in [4.78, 5) is 49.7. The first-order valence-electron chi connectivity index (χ1n) is 9.12. The molecule has 3 aromatic rings. The quantitative estimate of drug-likeness (QED) is 0.384. The van der Waals surface area contributed by atoms with Crippen molar-refractivity contribution in [2.75, 3.05) is 17.3 Å². The van der Waals surface area contributed by atoms with Crippen LogP contribution in [0.5, 0.6) is 5.75 Å². The number of methoxy groups -OCH3 is 1. The normalized spacial score (nSPS) is 12.5. The first-order valence-corrected chi connectivity index (χ1v) is 9.12. The van der Waals surface area contributed by atoms with Gasteiger partial charge < -0.3 is 10.1 Å². The lowest BCUT2D eigenvalue weighted by Gasteiger charge is -2.15. The van der Waals surface area contributed by atoms with Crippen LogP contribution in [0.2, 0.25) is 0 Å². The molecule has 0 atom stereocenters. The molecule has 0 saturated heterocycles. The Hall–Kier alpha value is -4.53. The highest BCUT2D eigenvalue weighted by Crippen LogP contribution is 2.34. The summed E-state index contributed by atoms with van der Waals surface area (Å²) in [5.74, 6) is -1.39. The standard InChI is InChI=1S/C22H15N3O6/c1-31-16-8-3-6-14(12-16)23-20(26)13-5-2-7-15(11-13)24-21(27)17-9-4-10-18(25(29)30)19(17)22(24)28/h2-12H,1H3,(H,23,26). The van der Waals surface area contributed by atoms with Crippen LogP contribution in [-0.4, -0.2) is 29.8 Å². The van der Waals surface area contributed by atoms with E-state index in [1.807, 2.05) is 0 Å². The first kappa shape index (κ1) is 19.8. The topological polar surface area (TPSA) is 119 Å². The molecule has 3 aromatic carbocycles. The molecule has 0 fully saturated rings. The summed E-state index contributed by atoms with van der Waals surface area (Å²) in [6, 6.07) is 16.6. The number of nitrogens with zero attached hydrogens (tertiary/aromatic N) is 2. The molecule has 0 radical (unpaired) electrons. The van der Waals surface area contributed by atoms with Crippen molar-refractivity contribution in [3.8, 4) is 5.75 Å². The molecule has 0 bridgehead atoms. The Kier molecular flexibility index (Phi) is 4.92. The van der Waals surface area contributed by atoms with E-state index in [0.717, 1.165) is 4.90 Å².